The molecule has 0 amide bonds. The average molecular weight is 128 g/mol. The summed E-state index contributed by atoms with van der Waals surface area (Å²) in [6.45, 7) is 3.43. The zero-order valence-corrected chi connectivity index (χ0v) is 6.52. The summed E-state index contributed by atoms with van der Waals surface area (Å²) in [6, 6.07) is 1.44. The topological polar surface area (TPSA) is 15.3 Å². The van der Waals surface area contributed by atoms with Crippen LogP contribution in [0.2, 0.25) is 0 Å². The Bertz CT molecular complexity index is 90.9. The molecule has 2 atom stereocenters. The number of nitrogens with one attached hydrogen (secondary N) is 1. The van der Waals surface area contributed by atoms with Gasteiger partial charge in [-0.3, -0.25) is 0 Å². The van der Waals surface area contributed by atoms with Crippen molar-refractivity contribution in [3.63, 3.8) is 0 Å². The standard InChI is InChI=1S/C7H16N2/c1-6-7(9(2)3)4-5-8-6/h6-8H,4-5H2,1-3H3. The highest BCUT2D eigenvalue weighted by Crippen LogP contribution is 2.10. The Balaban J connectivity index is 2.40. The highest BCUT2D eigenvalue weighted by molar-refractivity contribution is 4.85. The molecule has 2 heteroatoms. The molecule has 2 nitrogen and oxygen atoms in total. The molecule has 0 spiro atoms. The van der Waals surface area contributed by atoms with Gasteiger partial charge < -0.3 is 10.2 Å². The zero-order valence-electron chi connectivity index (χ0n) is 6.52. The lowest BCUT2D eigenvalue weighted by atomic mass is 10.1. The second-order valence-electron chi connectivity index (χ2n) is 3.06. The molecule has 1 aliphatic rings. The average Bonchev–Trinajstić information content (AvgIpc) is 2.13. The molecule has 1 saturated heterocycles. The van der Waals surface area contributed by atoms with Gasteiger partial charge in [-0.25, -0.2) is 0 Å². The smallest absolute Gasteiger partial charge is 0.0252 e. The molecule has 0 aromatic carbocycles. The summed E-state index contributed by atoms with van der Waals surface area (Å²) < 4.78 is 0. The van der Waals surface area contributed by atoms with Crippen LogP contribution in [0.3, 0.4) is 0 Å². The molecule has 9 heavy (non-hydrogen) atoms. The molecule has 0 aliphatic carbocycles. The van der Waals surface area contributed by atoms with Crippen molar-refractivity contribution in [3.8, 4) is 0 Å². The number of nitrogens with zero attached hydrogens (tertiary/aromatic N) is 1. The monoisotopic (exact) mass is 128 g/mol. The van der Waals surface area contributed by atoms with Crippen LogP contribution in [0.4, 0.5) is 0 Å². The Kier molecular flexibility index (Phi) is 2.09. The van der Waals surface area contributed by atoms with Crippen LogP contribution in [0.25, 0.3) is 0 Å². The minimum Gasteiger partial charge on any atom is -0.313 e. The molecular formula is C7H16N2. The van der Waals surface area contributed by atoms with Gasteiger partial charge in [-0.15, -0.1) is 0 Å². The third-order valence-electron chi connectivity index (χ3n) is 2.15. The van der Waals surface area contributed by atoms with Gasteiger partial charge in [0, 0.05) is 12.1 Å². The maximum absolute atomic E-state index is 3.41. The first-order valence-electron chi connectivity index (χ1n) is 3.61. The van der Waals surface area contributed by atoms with E-state index in [1.165, 1.54) is 13.0 Å². The Morgan fingerprint density at radius 2 is 2.11 bits per heavy atom. The predicted molar refractivity (Wildman–Crippen MR) is 39.6 cm³/mol. The minimum absolute atomic E-state index is 0.681. The van der Waals surface area contributed by atoms with Gasteiger partial charge in [-0.05, 0) is 34.0 Å². The molecule has 0 bridgehead atoms. The number of rotatable bonds is 1. The second kappa shape index (κ2) is 2.67. The van der Waals surface area contributed by atoms with Gasteiger partial charge in [0.05, 0.1) is 0 Å². The number of hydrogen-bond donors (Lipinski definition) is 1. The quantitative estimate of drug-likeness (QED) is 0.546. The van der Waals surface area contributed by atoms with E-state index in [0.29, 0.717) is 6.04 Å². The Hall–Kier alpha value is -0.0800. The van der Waals surface area contributed by atoms with E-state index in [0.717, 1.165) is 6.04 Å². The highest BCUT2D eigenvalue weighted by Gasteiger charge is 2.23. The van der Waals surface area contributed by atoms with Gasteiger partial charge in [0.25, 0.3) is 0 Å². The Morgan fingerprint density at radius 3 is 2.33 bits per heavy atom. The van der Waals surface area contributed by atoms with Crippen LogP contribution < -0.4 is 5.32 Å². The van der Waals surface area contributed by atoms with E-state index < -0.39 is 0 Å². The van der Waals surface area contributed by atoms with Gasteiger partial charge in [-0.1, -0.05) is 0 Å². The van der Waals surface area contributed by atoms with Crippen LogP contribution in [0.1, 0.15) is 13.3 Å². The molecule has 54 valence electrons. The maximum atomic E-state index is 3.41. The summed E-state index contributed by atoms with van der Waals surface area (Å²) in [5.41, 5.74) is 0. The first-order chi connectivity index (χ1) is 4.22. The summed E-state index contributed by atoms with van der Waals surface area (Å²) in [5.74, 6) is 0. The predicted octanol–water partition coefficient (Wildman–Crippen LogP) is 0.298. The van der Waals surface area contributed by atoms with Crippen molar-refractivity contribution in [2.45, 2.75) is 25.4 Å². The normalized spacial score (nSPS) is 36.0. The molecular weight excluding hydrogens is 112 g/mol. The van der Waals surface area contributed by atoms with E-state index >= 15 is 0 Å². The van der Waals surface area contributed by atoms with Crippen LogP contribution in [0.5, 0.6) is 0 Å². The fourth-order valence-electron chi connectivity index (χ4n) is 1.55. The van der Waals surface area contributed by atoms with Crippen LogP contribution in [-0.4, -0.2) is 37.6 Å². The van der Waals surface area contributed by atoms with Gasteiger partial charge in [0.1, 0.15) is 0 Å². The fraction of sp³-hybridized carbons (Fsp3) is 1.00. The molecule has 2 unspecified atom stereocenters. The van der Waals surface area contributed by atoms with Crippen LogP contribution in [-0.2, 0) is 0 Å². The largest absolute Gasteiger partial charge is 0.313 e. The van der Waals surface area contributed by atoms with Crippen molar-refractivity contribution >= 4 is 0 Å². The molecule has 0 aromatic heterocycles. The maximum Gasteiger partial charge on any atom is 0.0252 e. The van der Waals surface area contributed by atoms with Crippen molar-refractivity contribution in [3.05, 3.63) is 0 Å². The zero-order chi connectivity index (χ0) is 6.85. The molecule has 0 radical (unpaired) electrons. The van der Waals surface area contributed by atoms with E-state index in [1.807, 2.05) is 0 Å². The summed E-state index contributed by atoms with van der Waals surface area (Å²) in [5, 5.41) is 3.41. The molecule has 1 rings (SSSR count). The first kappa shape index (κ1) is 7.03. The minimum atomic E-state index is 0.681. The highest BCUT2D eigenvalue weighted by atomic mass is 15.2. The molecule has 0 aromatic rings. The van der Waals surface area contributed by atoms with Crippen molar-refractivity contribution in [1.29, 1.82) is 0 Å². The van der Waals surface area contributed by atoms with Crippen LogP contribution in [0, 0.1) is 0 Å². The first-order valence-corrected chi connectivity index (χ1v) is 3.61. The third-order valence-corrected chi connectivity index (χ3v) is 2.15. The van der Waals surface area contributed by atoms with Gasteiger partial charge in [-0.2, -0.15) is 0 Å². The van der Waals surface area contributed by atoms with Gasteiger partial charge >= 0.3 is 0 Å². The Labute approximate surface area is 57.2 Å². The van der Waals surface area contributed by atoms with Crippen LogP contribution >= 0.6 is 0 Å². The number of likely N-dealkylation sites (N-methyl/N-ethyl adjacent to an activating group) is 1. The lowest BCUT2D eigenvalue weighted by Crippen LogP contribution is -2.37. The molecule has 1 fully saturated rings. The SMILES string of the molecule is CC1NCCC1N(C)C. The molecule has 1 aliphatic heterocycles. The van der Waals surface area contributed by atoms with E-state index in [-0.39, 0.29) is 0 Å². The van der Waals surface area contributed by atoms with Crippen molar-refractivity contribution < 1.29 is 0 Å². The lowest BCUT2D eigenvalue weighted by Gasteiger charge is -2.22. The van der Waals surface area contributed by atoms with E-state index in [1.54, 1.807) is 0 Å². The van der Waals surface area contributed by atoms with E-state index in [2.05, 4.69) is 31.2 Å². The fourth-order valence-corrected chi connectivity index (χ4v) is 1.55. The molecule has 0 saturated carbocycles. The van der Waals surface area contributed by atoms with Crippen molar-refractivity contribution in [2.24, 2.45) is 0 Å². The van der Waals surface area contributed by atoms with Crippen LogP contribution in [0.15, 0.2) is 0 Å². The summed E-state index contributed by atoms with van der Waals surface area (Å²) in [4.78, 5) is 2.30. The third kappa shape index (κ3) is 1.43. The summed E-state index contributed by atoms with van der Waals surface area (Å²) in [6.07, 6.45) is 1.30. The molecule has 1 heterocycles. The van der Waals surface area contributed by atoms with E-state index in [9.17, 15) is 0 Å². The summed E-state index contributed by atoms with van der Waals surface area (Å²) >= 11 is 0. The van der Waals surface area contributed by atoms with Gasteiger partial charge in [0.15, 0.2) is 0 Å². The van der Waals surface area contributed by atoms with Crippen molar-refractivity contribution in [2.75, 3.05) is 20.6 Å². The second-order valence-corrected chi connectivity index (χ2v) is 3.06. The van der Waals surface area contributed by atoms with Gasteiger partial charge in [0.2, 0.25) is 0 Å². The lowest BCUT2D eigenvalue weighted by molar-refractivity contribution is 0.277. The van der Waals surface area contributed by atoms with E-state index in [4.69, 9.17) is 0 Å². The molecule has 1 N–H and O–H groups in total. The number of hydrogen-bond acceptors (Lipinski definition) is 2. The Morgan fingerprint density at radius 1 is 1.44 bits per heavy atom. The van der Waals surface area contributed by atoms with Crippen molar-refractivity contribution in [1.82, 2.24) is 10.2 Å². The summed E-state index contributed by atoms with van der Waals surface area (Å²) in [7, 11) is 4.29.